The smallest absolute Gasteiger partial charge is 0.191 e. The fourth-order valence-corrected chi connectivity index (χ4v) is 2.06. The zero-order valence-corrected chi connectivity index (χ0v) is 15.4. The minimum atomic E-state index is 0. The maximum Gasteiger partial charge on any atom is 0.191 e. The van der Waals surface area contributed by atoms with E-state index in [1.165, 1.54) is 11.1 Å². The molecule has 118 valence electrons. The summed E-state index contributed by atoms with van der Waals surface area (Å²) in [7, 11) is 0. The second-order valence-corrected chi connectivity index (χ2v) is 5.84. The molecule has 5 heteroatoms. The predicted octanol–water partition coefficient (Wildman–Crippen LogP) is 2.70. The van der Waals surface area contributed by atoms with Crippen LogP contribution in [0.15, 0.2) is 29.3 Å². The van der Waals surface area contributed by atoms with Gasteiger partial charge in [0.25, 0.3) is 0 Å². The second kappa shape index (κ2) is 8.58. The molecule has 0 aliphatic carbocycles. The number of halogens is 1. The summed E-state index contributed by atoms with van der Waals surface area (Å²) in [5.41, 5.74) is 2.76. The molecule has 1 aromatic carbocycles. The van der Waals surface area contributed by atoms with E-state index >= 15 is 0 Å². The highest BCUT2D eigenvalue weighted by Crippen LogP contribution is 2.24. The predicted molar refractivity (Wildman–Crippen MR) is 98.3 cm³/mol. The third-order valence-electron chi connectivity index (χ3n) is 3.47. The minimum Gasteiger partial charge on any atom is -0.380 e. The molecule has 0 saturated carbocycles. The molecule has 1 heterocycles. The molecule has 0 bridgehead atoms. The molecule has 4 nitrogen and oxygen atoms in total. The van der Waals surface area contributed by atoms with Crippen LogP contribution < -0.4 is 10.6 Å². The lowest BCUT2D eigenvalue weighted by atomic mass is 9.89. The van der Waals surface area contributed by atoms with E-state index in [0.717, 1.165) is 32.3 Å². The summed E-state index contributed by atoms with van der Waals surface area (Å²) in [5.74, 6) is 0.876. The number of nitrogens with one attached hydrogen (secondary N) is 2. The van der Waals surface area contributed by atoms with E-state index in [9.17, 15) is 0 Å². The summed E-state index contributed by atoms with van der Waals surface area (Å²) >= 11 is 0. The second-order valence-electron chi connectivity index (χ2n) is 5.84. The van der Waals surface area contributed by atoms with Crippen molar-refractivity contribution in [3.05, 3.63) is 35.4 Å². The van der Waals surface area contributed by atoms with Crippen molar-refractivity contribution in [3.8, 4) is 0 Å². The van der Waals surface area contributed by atoms with Gasteiger partial charge in [-0.15, -0.1) is 24.0 Å². The van der Waals surface area contributed by atoms with Crippen LogP contribution in [0, 0.1) is 12.3 Å². The van der Waals surface area contributed by atoms with Crippen LogP contribution in [-0.4, -0.2) is 32.3 Å². The van der Waals surface area contributed by atoms with E-state index in [4.69, 9.17) is 4.74 Å². The molecule has 0 amide bonds. The summed E-state index contributed by atoms with van der Waals surface area (Å²) in [5, 5.41) is 6.69. The van der Waals surface area contributed by atoms with Gasteiger partial charge >= 0.3 is 0 Å². The van der Waals surface area contributed by atoms with Crippen molar-refractivity contribution >= 4 is 29.9 Å². The molecule has 2 N–H and O–H groups in total. The first-order valence-electron chi connectivity index (χ1n) is 7.27. The van der Waals surface area contributed by atoms with Crippen LogP contribution >= 0.6 is 24.0 Å². The highest BCUT2D eigenvalue weighted by atomic mass is 127. The quantitative estimate of drug-likeness (QED) is 0.452. The maximum absolute atomic E-state index is 5.27. The van der Waals surface area contributed by atoms with Crippen molar-refractivity contribution in [2.24, 2.45) is 10.4 Å². The first-order valence-corrected chi connectivity index (χ1v) is 7.27. The molecule has 0 radical (unpaired) electrons. The van der Waals surface area contributed by atoms with Crippen LogP contribution in [0.4, 0.5) is 0 Å². The number of hydrogen-bond donors (Lipinski definition) is 2. The summed E-state index contributed by atoms with van der Waals surface area (Å²) in [6, 6.07) is 8.50. The molecule has 1 aromatic rings. The lowest BCUT2D eigenvalue weighted by Crippen LogP contribution is -2.51. The maximum atomic E-state index is 5.27. The van der Waals surface area contributed by atoms with Gasteiger partial charge in [0.05, 0.1) is 19.8 Å². The van der Waals surface area contributed by atoms with Crippen molar-refractivity contribution in [2.75, 3.05) is 26.3 Å². The number of guanidine groups is 1. The van der Waals surface area contributed by atoms with E-state index in [0.29, 0.717) is 6.54 Å². The summed E-state index contributed by atoms with van der Waals surface area (Å²) in [6.45, 7) is 10.5. The molecular formula is C16H26IN3O. The largest absolute Gasteiger partial charge is 0.380 e. The molecule has 0 aromatic heterocycles. The van der Waals surface area contributed by atoms with Crippen LogP contribution in [0.2, 0.25) is 0 Å². The van der Waals surface area contributed by atoms with E-state index in [-0.39, 0.29) is 29.4 Å². The number of rotatable bonds is 5. The molecule has 0 atom stereocenters. The SMILES string of the molecule is CCNC(=NCc1ccc(C)cc1)NCC1(C)COC1.I. The van der Waals surface area contributed by atoms with E-state index in [1.807, 2.05) is 0 Å². The van der Waals surface area contributed by atoms with Crippen molar-refractivity contribution in [2.45, 2.75) is 27.3 Å². The van der Waals surface area contributed by atoms with Crippen molar-refractivity contribution in [1.29, 1.82) is 0 Å². The van der Waals surface area contributed by atoms with Crippen molar-refractivity contribution in [3.63, 3.8) is 0 Å². The minimum absolute atomic E-state index is 0. The summed E-state index contributed by atoms with van der Waals surface area (Å²) in [6.07, 6.45) is 0. The van der Waals surface area contributed by atoms with Crippen LogP contribution in [0.25, 0.3) is 0 Å². The Labute approximate surface area is 144 Å². The van der Waals surface area contributed by atoms with Gasteiger partial charge in [-0.25, -0.2) is 4.99 Å². The third-order valence-corrected chi connectivity index (χ3v) is 3.47. The Hall–Kier alpha value is -0.820. The van der Waals surface area contributed by atoms with Crippen LogP contribution in [0.1, 0.15) is 25.0 Å². The van der Waals surface area contributed by atoms with Gasteiger partial charge in [0, 0.05) is 18.5 Å². The summed E-state index contributed by atoms with van der Waals surface area (Å²) in [4.78, 5) is 4.63. The normalized spacial score (nSPS) is 16.6. The Bertz CT molecular complexity index is 455. The molecular weight excluding hydrogens is 377 g/mol. The lowest BCUT2D eigenvalue weighted by molar-refractivity contribution is -0.0971. The van der Waals surface area contributed by atoms with Gasteiger partial charge in [0.15, 0.2) is 5.96 Å². The van der Waals surface area contributed by atoms with Crippen LogP contribution in [-0.2, 0) is 11.3 Å². The van der Waals surface area contributed by atoms with Crippen molar-refractivity contribution in [1.82, 2.24) is 10.6 Å². The molecule has 1 aliphatic rings. The van der Waals surface area contributed by atoms with Gasteiger partial charge in [-0.3, -0.25) is 0 Å². The summed E-state index contributed by atoms with van der Waals surface area (Å²) < 4.78 is 5.27. The molecule has 1 aliphatic heterocycles. The molecule has 1 saturated heterocycles. The average molecular weight is 403 g/mol. The van der Waals surface area contributed by atoms with Crippen molar-refractivity contribution < 1.29 is 4.74 Å². The van der Waals surface area contributed by atoms with Gasteiger partial charge < -0.3 is 15.4 Å². The number of aliphatic imine (C=N–C) groups is 1. The molecule has 0 unspecified atom stereocenters. The topological polar surface area (TPSA) is 45.7 Å². The zero-order valence-electron chi connectivity index (χ0n) is 13.1. The van der Waals surface area contributed by atoms with Crippen LogP contribution in [0.5, 0.6) is 0 Å². The molecule has 0 spiro atoms. The van der Waals surface area contributed by atoms with E-state index in [2.05, 4.69) is 60.7 Å². The zero-order chi connectivity index (χ0) is 14.4. The number of hydrogen-bond acceptors (Lipinski definition) is 2. The molecule has 2 rings (SSSR count). The number of nitrogens with zero attached hydrogens (tertiary/aromatic N) is 1. The highest BCUT2D eigenvalue weighted by Gasteiger charge is 2.33. The number of aryl methyl sites for hydroxylation is 1. The highest BCUT2D eigenvalue weighted by molar-refractivity contribution is 14.0. The Morgan fingerprint density at radius 1 is 1.24 bits per heavy atom. The fourth-order valence-electron chi connectivity index (χ4n) is 2.06. The molecule has 21 heavy (non-hydrogen) atoms. The number of benzene rings is 1. The van der Waals surface area contributed by atoms with Gasteiger partial charge in [-0.1, -0.05) is 36.8 Å². The first kappa shape index (κ1) is 18.2. The Kier molecular flexibility index (Phi) is 7.45. The first-order chi connectivity index (χ1) is 9.61. The van der Waals surface area contributed by atoms with Gasteiger partial charge in [-0.05, 0) is 19.4 Å². The lowest BCUT2D eigenvalue weighted by Gasteiger charge is -2.38. The Morgan fingerprint density at radius 3 is 2.43 bits per heavy atom. The van der Waals surface area contributed by atoms with Gasteiger partial charge in [0.1, 0.15) is 0 Å². The number of ether oxygens (including phenoxy) is 1. The monoisotopic (exact) mass is 403 g/mol. The van der Waals surface area contributed by atoms with Gasteiger partial charge in [-0.2, -0.15) is 0 Å². The average Bonchev–Trinajstić information content (AvgIpc) is 2.41. The van der Waals surface area contributed by atoms with Gasteiger partial charge in [0.2, 0.25) is 0 Å². The van der Waals surface area contributed by atoms with E-state index in [1.54, 1.807) is 0 Å². The molecule has 1 fully saturated rings. The third kappa shape index (κ3) is 5.82. The fraction of sp³-hybridized carbons (Fsp3) is 0.562. The van der Waals surface area contributed by atoms with E-state index < -0.39 is 0 Å². The standard InChI is InChI=1S/C16H25N3O.HI/c1-4-17-15(19-10-16(3)11-20-12-16)18-9-14-7-5-13(2)6-8-14;/h5-8H,4,9-12H2,1-3H3,(H2,17,18,19);1H. The Morgan fingerprint density at radius 2 is 1.90 bits per heavy atom. The van der Waals surface area contributed by atoms with Crippen LogP contribution in [0.3, 0.4) is 0 Å². The Balaban J connectivity index is 0.00000220.